The van der Waals surface area contributed by atoms with Crippen LogP contribution in [0, 0.1) is 12.7 Å². The molecule has 1 aromatic heterocycles. The number of hydrogen-bond acceptors (Lipinski definition) is 4. The summed E-state index contributed by atoms with van der Waals surface area (Å²) in [5.74, 6) is 0.470. The van der Waals surface area contributed by atoms with Crippen molar-refractivity contribution in [1.82, 2.24) is 10.3 Å². The van der Waals surface area contributed by atoms with Gasteiger partial charge in [-0.1, -0.05) is 6.07 Å². The number of pyridine rings is 1. The molecule has 120 valence electrons. The number of carbonyl (C=O) groups excluding carboxylic acids is 1. The molecule has 2 aromatic rings. The minimum Gasteiger partial charge on any atom is -0.481 e. The van der Waals surface area contributed by atoms with E-state index in [1.54, 1.807) is 13.2 Å². The second-order valence-corrected chi connectivity index (χ2v) is 5.40. The number of halogens is 1. The number of amides is 1. The first kappa shape index (κ1) is 15.3. The number of rotatable bonds is 4. The highest BCUT2D eigenvalue weighted by Gasteiger charge is 2.29. The molecule has 23 heavy (non-hydrogen) atoms. The van der Waals surface area contributed by atoms with E-state index in [1.807, 2.05) is 19.1 Å². The predicted molar refractivity (Wildman–Crippen MR) is 81.9 cm³/mol. The quantitative estimate of drug-likeness (QED) is 0.939. The number of methoxy groups -OCH3 is 1. The van der Waals surface area contributed by atoms with E-state index in [2.05, 4.69) is 10.3 Å². The van der Waals surface area contributed by atoms with E-state index in [-0.39, 0.29) is 11.7 Å². The maximum atomic E-state index is 13.2. The van der Waals surface area contributed by atoms with Crippen molar-refractivity contribution in [2.45, 2.75) is 26.0 Å². The highest BCUT2D eigenvalue weighted by atomic mass is 19.1. The summed E-state index contributed by atoms with van der Waals surface area (Å²) in [6.45, 7) is 2.16. The van der Waals surface area contributed by atoms with Gasteiger partial charge in [-0.05, 0) is 31.2 Å². The number of benzene rings is 1. The zero-order valence-corrected chi connectivity index (χ0v) is 12.9. The molecule has 1 aliphatic heterocycles. The van der Waals surface area contributed by atoms with E-state index < -0.39 is 6.10 Å². The van der Waals surface area contributed by atoms with Crippen molar-refractivity contribution in [2.75, 3.05) is 7.11 Å². The number of carbonyl (C=O) groups is 1. The fourth-order valence-corrected chi connectivity index (χ4v) is 2.53. The number of aryl methyl sites for hydroxylation is 1. The zero-order chi connectivity index (χ0) is 16.4. The molecule has 0 fully saturated rings. The molecule has 0 bridgehead atoms. The molecular weight excluding hydrogens is 299 g/mol. The third-order valence-electron chi connectivity index (χ3n) is 3.71. The van der Waals surface area contributed by atoms with Crippen molar-refractivity contribution in [1.29, 1.82) is 0 Å². The Balaban J connectivity index is 1.63. The maximum absolute atomic E-state index is 13.2. The third-order valence-corrected chi connectivity index (χ3v) is 3.71. The number of nitrogens with one attached hydrogen (secondary N) is 1. The molecule has 1 N–H and O–H groups in total. The summed E-state index contributed by atoms with van der Waals surface area (Å²) in [7, 11) is 1.54. The summed E-state index contributed by atoms with van der Waals surface area (Å²) in [5.41, 5.74) is 2.33. The normalized spacial score (nSPS) is 15.7. The Morgan fingerprint density at radius 1 is 1.43 bits per heavy atom. The summed E-state index contributed by atoms with van der Waals surface area (Å²) in [4.78, 5) is 16.5. The van der Waals surface area contributed by atoms with E-state index in [1.165, 1.54) is 12.1 Å². The van der Waals surface area contributed by atoms with Crippen molar-refractivity contribution < 1.29 is 18.7 Å². The minimum atomic E-state index is -0.642. The first-order chi connectivity index (χ1) is 11.1. The van der Waals surface area contributed by atoms with Gasteiger partial charge in [0, 0.05) is 29.8 Å². The Bertz CT molecular complexity index is 749. The average Bonchev–Trinajstić information content (AvgIpc) is 2.96. The van der Waals surface area contributed by atoms with Crippen LogP contribution in [-0.2, 0) is 17.8 Å². The third kappa shape index (κ3) is 3.26. The lowest BCUT2D eigenvalue weighted by Crippen LogP contribution is -2.37. The van der Waals surface area contributed by atoms with Crippen LogP contribution in [0.15, 0.2) is 30.3 Å². The van der Waals surface area contributed by atoms with Crippen LogP contribution in [0.2, 0.25) is 0 Å². The second-order valence-electron chi connectivity index (χ2n) is 5.40. The lowest BCUT2D eigenvalue weighted by Gasteiger charge is -2.13. The molecular formula is C17H17FN2O3. The number of hydrogen-bond donors (Lipinski definition) is 1. The first-order valence-electron chi connectivity index (χ1n) is 7.30. The molecule has 0 aliphatic carbocycles. The number of ether oxygens (including phenoxy) is 2. The van der Waals surface area contributed by atoms with E-state index >= 15 is 0 Å². The molecule has 5 nitrogen and oxygen atoms in total. The van der Waals surface area contributed by atoms with Crippen LogP contribution in [0.25, 0.3) is 0 Å². The van der Waals surface area contributed by atoms with Gasteiger partial charge in [-0.25, -0.2) is 9.37 Å². The SMILES string of the molecule is COc1nc(C)ccc1CNC(=O)[C@H]1Cc2cc(F)ccc2O1. The Kier molecular flexibility index (Phi) is 4.14. The van der Waals surface area contributed by atoms with Crippen LogP contribution in [0.5, 0.6) is 11.6 Å². The molecule has 0 saturated heterocycles. The highest BCUT2D eigenvalue weighted by Crippen LogP contribution is 2.29. The summed E-state index contributed by atoms with van der Waals surface area (Å²) >= 11 is 0. The zero-order valence-electron chi connectivity index (χ0n) is 12.9. The van der Waals surface area contributed by atoms with Gasteiger partial charge in [-0.2, -0.15) is 0 Å². The van der Waals surface area contributed by atoms with Gasteiger partial charge in [0.1, 0.15) is 11.6 Å². The largest absolute Gasteiger partial charge is 0.481 e. The van der Waals surface area contributed by atoms with Crippen LogP contribution in [0.3, 0.4) is 0 Å². The van der Waals surface area contributed by atoms with Gasteiger partial charge in [0.25, 0.3) is 5.91 Å². The van der Waals surface area contributed by atoms with Gasteiger partial charge in [-0.3, -0.25) is 4.79 Å². The van der Waals surface area contributed by atoms with Crippen LogP contribution >= 0.6 is 0 Å². The Labute approximate surface area is 133 Å². The molecule has 1 aromatic carbocycles. The lowest BCUT2D eigenvalue weighted by molar-refractivity contribution is -0.127. The Hall–Kier alpha value is -2.63. The number of nitrogens with zero attached hydrogens (tertiary/aromatic N) is 1. The van der Waals surface area contributed by atoms with Crippen molar-refractivity contribution in [3.63, 3.8) is 0 Å². The van der Waals surface area contributed by atoms with Gasteiger partial charge < -0.3 is 14.8 Å². The van der Waals surface area contributed by atoms with E-state index in [4.69, 9.17) is 9.47 Å². The van der Waals surface area contributed by atoms with Crippen LogP contribution in [0.1, 0.15) is 16.8 Å². The molecule has 6 heteroatoms. The topological polar surface area (TPSA) is 60.5 Å². The van der Waals surface area contributed by atoms with Gasteiger partial charge in [-0.15, -0.1) is 0 Å². The van der Waals surface area contributed by atoms with Gasteiger partial charge in [0.2, 0.25) is 5.88 Å². The molecule has 0 radical (unpaired) electrons. The fraction of sp³-hybridized carbons (Fsp3) is 0.294. The number of fused-ring (bicyclic) bond motifs is 1. The van der Waals surface area contributed by atoms with Crippen molar-refractivity contribution in [3.8, 4) is 11.6 Å². The Morgan fingerprint density at radius 3 is 3.04 bits per heavy atom. The summed E-state index contributed by atoms with van der Waals surface area (Å²) < 4.78 is 24.0. The molecule has 0 spiro atoms. The predicted octanol–water partition coefficient (Wildman–Crippen LogP) is 2.16. The summed E-state index contributed by atoms with van der Waals surface area (Å²) in [6.07, 6.45) is -0.279. The second kappa shape index (κ2) is 6.24. The molecule has 0 saturated carbocycles. The highest BCUT2D eigenvalue weighted by molar-refractivity contribution is 5.82. The smallest absolute Gasteiger partial charge is 0.261 e. The van der Waals surface area contributed by atoms with Crippen molar-refractivity contribution in [2.24, 2.45) is 0 Å². The molecule has 2 heterocycles. The average molecular weight is 316 g/mol. The number of aromatic nitrogens is 1. The standard InChI is InChI=1S/C17H17FN2O3/c1-10-3-4-11(17(20-10)22-2)9-19-16(21)15-8-12-7-13(18)5-6-14(12)23-15/h3-7,15H,8-9H2,1-2H3,(H,19,21)/t15-/m1/s1. The van der Waals surface area contributed by atoms with Crippen molar-refractivity contribution >= 4 is 5.91 Å². The minimum absolute atomic E-state index is 0.246. The van der Waals surface area contributed by atoms with Gasteiger partial charge >= 0.3 is 0 Å². The van der Waals surface area contributed by atoms with E-state index in [9.17, 15) is 9.18 Å². The maximum Gasteiger partial charge on any atom is 0.261 e. The summed E-state index contributed by atoms with van der Waals surface area (Å²) in [5, 5.41) is 2.81. The van der Waals surface area contributed by atoms with Gasteiger partial charge in [0.05, 0.1) is 7.11 Å². The molecule has 0 unspecified atom stereocenters. The molecule has 1 amide bonds. The molecule has 1 atom stereocenters. The monoisotopic (exact) mass is 316 g/mol. The van der Waals surface area contributed by atoms with Crippen LogP contribution in [-0.4, -0.2) is 24.1 Å². The fourth-order valence-electron chi connectivity index (χ4n) is 2.53. The first-order valence-corrected chi connectivity index (χ1v) is 7.30. The molecule has 1 aliphatic rings. The van der Waals surface area contributed by atoms with Crippen LogP contribution in [0.4, 0.5) is 4.39 Å². The van der Waals surface area contributed by atoms with Gasteiger partial charge in [0.15, 0.2) is 6.10 Å². The van der Waals surface area contributed by atoms with E-state index in [0.717, 1.165) is 11.3 Å². The lowest BCUT2D eigenvalue weighted by atomic mass is 10.1. The Morgan fingerprint density at radius 2 is 2.26 bits per heavy atom. The molecule has 3 rings (SSSR count). The van der Waals surface area contributed by atoms with Crippen LogP contribution < -0.4 is 14.8 Å². The van der Waals surface area contributed by atoms with Crippen molar-refractivity contribution in [3.05, 3.63) is 53.0 Å². The summed E-state index contributed by atoms with van der Waals surface area (Å²) in [6, 6.07) is 7.98. The van der Waals surface area contributed by atoms with E-state index in [0.29, 0.717) is 30.2 Å².